The highest BCUT2D eigenvalue weighted by Crippen LogP contribution is 2.41. The van der Waals surface area contributed by atoms with Crippen LogP contribution in [0.4, 0.5) is 0 Å². The van der Waals surface area contributed by atoms with Crippen LogP contribution in [0, 0.1) is 13.8 Å². The molecule has 0 radical (unpaired) electrons. The Kier molecular flexibility index (Phi) is 4.58. The lowest BCUT2D eigenvalue weighted by molar-refractivity contribution is -0.121. The number of aromatic nitrogens is 4. The van der Waals surface area contributed by atoms with E-state index in [1.165, 1.54) is 10.2 Å². The predicted molar refractivity (Wildman–Crippen MR) is 108 cm³/mol. The Morgan fingerprint density at radius 1 is 1.32 bits per heavy atom. The average Bonchev–Trinajstić information content (AvgIpc) is 3.42. The van der Waals surface area contributed by atoms with Crippen LogP contribution in [-0.4, -0.2) is 32.0 Å². The summed E-state index contributed by atoms with van der Waals surface area (Å²) in [7, 11) is 0. The molecular weight excluding hydrogens is 354 g/mol. The van der Waals surface area contributed by atoms with E-state index in [1.807, 2.05) is 32.0 Å². The summed E-state index contributed by atoms with van der Waals surface area (Å²) < 4.78 is 2.92. The Hall–Kier alpha value is -3.22. The number of nitrogens with zero attached hydrogens (tertiary/aromatic N) is 4. The van der Waals surface area contributed by atoms with E-state index in [4.69, 9.17) is 0 Å². The van der Waals surface area contributed by atoms with Gasteiger partial charge in [0.1, 0.15) is 12.1 Å². The monoisotopic (exact) mass is 377 g/mol. The molecule has 0 saturated heterocycles. The first-order valence-electron chi connectivity index (χ1n) is 9.43. The summed E-state index contributed by atoms with van der Waals surface area (Å²) in [6.45, 7) is 7.89. The van der Waals surface area contributed by atoms with Crippen molar-refractivity contribution in [1.82, 2.24) is 24.9 Å². The molecule has 0 bridgehead atoms. The third-order valence-electron chi connectivity index (χ3n) is 5.15. The molecular formula is C21H23N5O2. The summed E-state index contributed by atoms with van der Waals surface area (Å²) in [6, 6.07) is 5.98. The fourth-order valence-corrected chi connectivity index (χ4v) is 3.29. The summed E-state index contributed by atoms with van der Waals surface area (Å²) in [6.07, 6.45) is 5.39. The first-order valence-corrected chi connectivity index (χ1v) is 9.43. The molecule has 144 valence electrons. The van der Waals surface area contributed by atoms with E-state index >= 15 is 0 Å². The number of hydrogen-bond donors (Lipinski definition) is 1. The lowest BCUT2D eigenvalue weighted by Crippen LogP contribution is -2.34. The smallest absolute Gasteiger partial charge is 0.293 e. The summed E-state index contributed by atoms with van der Waals surface area (Å²) in [5.41, 5.74) is 4.13. The number of fused-ring (bicyclic) bond motifs is 1. The zero-order valence-corrected chi connectivity index (χ0v) is 16.1. The van der Waals surface area contributed by atoms with Crippen molar-refractivity contribution in [2.45, 2.75) is 39.2 Å². The molecule has 1 amide bonds. The summed E-state index contributed by atoms with van der Waals surface area (Å²) in [4.78, 5) is 25.3. The van der Waals surface area contributed by atoms with Crippen LogP contribution in [0.3, 0.4) is 0 Å². The second-order valence-corrected chi connectivity index (χ2v) is 7.30. The van der Waals surface area contributed by atoms with Crippen LogP contribution in [0.1, 0.15) is 35.6 Å². The molecule has 1 aromatic carbocycles. The molecule has 0 atom stereocenters. The standard InChI is InChI=1S/C21H23N5O2/c1-4-9-22-18(27)12-25-21(28)20-17(19(24-25)15-6-7-15)11-23-26(20)16-8-5-13(2)14(3)10-16/h4-5,8,10-11,15H,1,6-7,9,12H2,2-3H3,(H,22,27). The first kappa shape index (κ1) is 18.2. The minimum Gasteiger partial charge on any atom is -0.351 e. The lowest BCUT2D eigenvalue weighted by Gasteiger charge is -2.11. The van der Waals surface area contributed by atoms with Gasteiger partial charge in [-0.25, -0.2) is 9.36 Å². The summed E-state index contributed by atoms with van der Waals surface area (Å²) >= 11 is 0. The van der Waals surface area contributed by atoms with Crippen molar-refractivity contribution >= 4 is 16.8 Å². The molecule has 1 aliphatic carbocycles. The van der Waals surface area contributed by atoms with Crippen molar-refractivity contribution in [2.75, 3.05) is 6.54 Å². The second-order valence-electron chi connectivity index (χ2n) is 7.30. The Labute approximate surface area is 162 Å². The Morgan fingerprint density at radius 2 is 2.11 bits per heavy atom. The normalized spacial score (nSPS) is 13.6. The molecule has 7 heteroatoms. The zero-order chi connectivity index (χ0) is 19.8. The molecule has 1 saturated carbocycles. The van der Waals surface area contributed by atoms with Gasteiger partial charge in [-0.1, -0.05) is 12.1 Å². The number of amides is 1. The van der Waals surface area contributed by atoms with Crippen LogP contribution in [-0.2, 0) is 11.3 Å². The molecule has 3 aromatic rings. The van der Waals surface area contributed by atoms with Crippen LogP contribution >= 0.6 is 0 Å². The molecule has 1 aliphatic rings. The molecule has 0 aliphatic heterocycles. The van der Waals surface area contributed by atoms with Gasteiger partial charge in [0.05, 0.1) is 17.6 Å². The van der Waals surface area contributed by atoms with E-state index in [9.17, 15) is 9.59 Å². The second kappa shape index (κ2) is 7.07. The average molecular weight is 377 g/mol. The fourth-order valence-electron chi connectivity index (χ4n) is 3.29. The van der Waals surface area contributed by atoms with E-state index < -0.39 is 0 Å². The van der Waals surface area contributed by atoms with E-state index in [0.29, 0.717) is 18.0 Å². The molecule has 28 heavy (non-hydrogen) atoms. The Morgan fingerprint density at radius 3 is 2.79 bits per heavy atom. The Balaban J connectivity index is 1.86. The highest BCUT2D eigenvalue weighted by Gasteiger charge is 2.30. The fraction of sp³-hybridized carbons (Fsp3) is 0.333. The quantitative estimate of drug-likeness (QED) is 0.669. The largest absolute Gasteiger partial charge is 0.351 e. The minimum absolute atomic E-state index is 0.125. The van der Waals surface area contributed by atoms with Crippen LogP contribution in [0.15, 0.2) is 41.8 Å². The highest BCUT2D eigenvalue weighted by molar-refractivity contribution is 5.83. The summed E-state index contributed by atoms with van der Waals surface area (Å²) in [5, 5.41) is 12.5. The molecule has 2 aromatic heterocycles. The van der Waals surface area contributed by atoms with E-state index in [2.05, 4.69) is 22.1 Å². The molecule has 0 unspecified atom stereocenters. The van der Waals surface area contributed by atoms with E-state index in [1.54, 1.807) is 17.0 Å². The van der Waals surface area contributed by atoms with Crippen molar-refractivity contribution in [3.63, 3.8) is 0 Å². The number of aryl methyl sites for hydroxylation is 2. The number of carbonyl (C=O) groups is 1. The van der Waals surface area contributed by atoms with Gasteiger partial charge in [0.15, 0.2) is 0 Å². The van der Waals surface area contributed by atoms with Gasteiger partial charge in [0, 0.05) is 17.8 Å². The third kappa shape index (κ3) is 3.24. The van der Waals surface area contributed by atoms with Gasteiger partial charge in [-0.3, -0.25) is 9.59 Å². The molecule has 1 fully saturated rings. The van der Waals surface area contributed by atoms with Gasteiger partial charge in [-0.05, 0) is 49.9 Å². The first-order chi connectivity index (χ1) is 13.5. The maximum atomic E-state index is 13.2. The summed E-state index contributed by atoms with van der Waals surface area (Å²) in [5.74, 6) is 0.0517. The van der Waals surface area contributed by atoms with Crippen LogP contribution < -0.4 is 10.9 Å². The van der Waals surface area contributed by atoms with Crippen molar-refractivity contribution in [2.24, 2.45) is 0 Å². The molecule has 7 nitrogen and oxygen atoms in total. The third-order valence-corrected chi connectivity index (χ3v) is 5.15. The number of rotatable bonds is 6. The van der Waals surface area contributed by atoms with Crippen LogP contribution in [0.2, 0.25) is 0 Å². The molecule has 4 rings (SSSR count). The SMILES string of the molecule is C=CCNC(=O)Cn1nc(C2CC2)c2cnn(-c3ccc(C)c(C)c3)c2c1=O. The van der Waals surface area contributed by atoms with Gasteiger partial charge < -0.3 is 5.32 Å². The topological polar surface area (TPSA) is 81.8 Å². The maximum absolute atomic E-state index is 13.2. The van der Waals surface area contributed by atoms with Gasteiger partial charge in [-0.2, -0.15) is 10.2 Å². The van der Waals surface area contributed by atoms with Gasteiger partial charge in [-0.15, -0.1) is 6.58 Å². The number of hydrogen-bond acceptors (Lipinski definition) is 4. The van der Waals surface area contributed by atoms with Crippen molar-refractivity contribution in [1.29, 1.82) is 0 Å². The number of carbonyl (C=O) groups excluding carboxylic acids is 1. The van der Waals surface area contributed by atoms with Crippen molar-refractivity contribution in [3.05, 3.63) is 64.2 Å². The Bertz CT molecular complexity index is 1140. The van der Waals surface area contributed by atoms with Crippen LogP contribution in [0.5, 0.6) is 0 Å². The maximum Gasteiger partial charge on any atom is 0.293 e. The van der Waals surface area contributed by atoms with Gasteiger partial charge in [0.25, 0.3) is 5.56 Å². The molecule has 0 spiro atoms. The van der Waals surface area contributed by atoms with E-state index in [0.717, 1.165) is 35.2 Å². The van der Waals surface area contributed by atoms with Gasteiger partial charge >= 0.3 is 0 Å². The van der Waals surface area contributed by atoms with Crippen molar-refractivity contribution in [3.8, 4) is 5.69 Å². The molecule has 2 heterocycles. The number of benzene rings is 1. The van der Waals surface area contributed by atoms with E-state index in [-0.39, 0.29) is 18.0 Å². The minimum atomic E-state index is -0.316. The lowest BCUT2D eigenvalue weighted by atomic mass is 10.1. The zero-order valence-electron chi connectivity index (χ0n) is 16.1. The van der Waals surface area contributed by atoms with Crippen LogP contribution in [0.25, 0.3) is 16.6 Å². The van der Waals surface area contributed by atoms with Gasteiger partial charge in [0.2, 0.25) is 5.91 Å². The molecule has 1 N–H and O–H groups in total. The number of nitrogens with one attached hydrogen (secondary N) is 1. The highest BCUT2D eigenvalue weighted by atomic mass is 16.2. The predicted octanol–water partition coefficient (Wildman–Crippen LogP) is 2.38. The van der Waals surface area contributed by atoms with Crippen molar-refractivity contribution < 1.29 is 4.79 Å².